The van der Waals surface area contributed by atoms with Crippen LogP contribution in [0.5, 0.6) is 0 Å². The summed E-state index contributed by atoms with van der Waals surface area (Å²) in [6, 6.07) is 6.22. The molecule has 1 N–H and O–H groups in total. The fourth-order valence-corrected chi connectivity index (χ4v) is 3.56. The lowest BCUT2D eigenvalue weighted by atomic mass is 10.2. The van der Waals surface area contributed by atoms with Gasteiger partial charge >= 0.3 is 0 Å². The summed E-state index contributed by atoms with van der Waals surface area (Å²) in [5, 5.41) is 3.59. The van der Waals surface area contributed by atoms with E-state index in [2.05, 4.69) is 29.3 Å². The molecule has 2 heterocycles. The molecular weight excluding hydrogens is 228 g/mol. The maximum Gasteiger partial charge on any atom is 0.0330 e. The molecule has 0 amide bonds. The molecule has 1 aromatic rings. The summed E-state index contributed by atoms with van der Waals surface area (Å²) in [5.41, 5.74) is 0. The predicted molar refractivity (Wildman–Crippen MR) is 73.3 cm³/mol. The third-order valence-electron chi connectivity index (χ3n) is 3.91. The number of hydrogen-bond donors (Lipinski definition) is 1. The maximum absolute atomic E-state index is 3.59. The van der Waals surface area contributed by atoms with Crippen molar-refractivity contribution in [2.45, 2.75) is 57.8 Å². The molecular formula is C14H22N2S. The van der Waals surface area contributed by atoms with Gasteiger partial charge in [-0.15, -0.1) is 11.3 Å². The summed E-state index contributed by atoms with van der Waals surface area (Å²) in [4.78, 5) is 5.65. The quantitative estimate of drug-likeness (QED) is 0.864. The zero-order valence-electron chi connectivity index (χ0n) is 10.6. The zero-order chi connectivity index (χ0) is 11.7. The molecule has 1 aromatic heterocycles. The number of hydrogen-bond acceptors (Lipinski definition) is 3. The number of thiophene rings is 1. The molecule has 2 aliphatic rings. The SMILES string of the molecule is CC1CCCN1Cc1ccc(CNC2CC2)s1. The van der Waals surface area contributed by atoms with Gasteiger partial charge in [0.05, 0.1) is 0 Å². The first-order chi connectivity index (χ1) is 8.31. The van der Waals surface area contributed by atoms with Crippen LogP contribution in [-0.4, -0.2) is 23.5 Å². The van der Waals surface area contributed by atoms with Crippen molar-refractivity contribution in [1.82, 2.24) is 10.2 Å². The first-order valence-corrected chi connectivity index (χ1v) is 7.68. The van der Waals surface area contributed by atoms with Crippen LogP contribution in [-0.2, 0) is 13.1 Å². The van der Waals surface area contributed by atoms with E-state index in [0.717, 1.165) is 25.2 Å². The minimum Gasteiger partial charge on any atom is -0.309 e. The Labute approximate surface area is 108 Å². The molecule has 1 atom stereocenters. The Hall–Kier alpha value is -0.380. The molecule has 17 heavy (non-hydrogen) atoms. The second-order valence-electron chi connectivity index (χ2n) is 5.48. The molecule has 0 bridgehead atoms. The average Bonchev–Trinajstić information content (AvgIpc) is 2.92. The molecule has 0 spiro atoms. The monoisotopic (exact) mass is 250 g/mol. The van der Waals surface area contributed by atoms with Gasteiger partial charge in [-0.1, -0.05) is 0 Å². The molecule has 0 radical (unpaired) electrons. The molecule has 94 valence electrons. The molecule has 0 aromatic carbocycles. The predicted octanol–water partition coefficient (Wildman–Crippen LogP) is 2.98. The van der Waals surface area contributed by atoms with E-state index in [4.69, 9.17) is 0 Å². The Balaban J connectivity index is 1.52. The highest BCUT2D eigenvalue weighted by molar-refractivity contribution is 7.11. The summed E-state index contributed by atoms with van der Waals surface area (Å²) in [6.45, 7) is 5.88. The van der Waals surface area contributed by atoms with E-state index in [-0.39, 0.29) is 0 Å². The van der Waals surface area contributed by atoms with Gasteiger partial charge in [0.2, 0.25) is 0 Å². The summed E-state index contributed by atoms with van der Waals surface area (Å²) in [5.74, 6) is 0. The Morgan fingerprint density at radius 1 is 1.29 bits per heavy atom. The largest absolute Gasteiger partial charge is 0.309 e. The van der Waals surface area contributed by atoms with E-state index in [0.29, 0.717) is 0 Å². The molecule has 1 saturated heterocycles. The van der Waals surface area contributed by atoms with Gasteiger partial charge in [0.25, 0.3) is 0 Å². The highest BCUT2D eigenvalue weighted by Gasteiger charge is 2.21. The lowest BCUT2D eigenvalue weighted by molar-refractivity contribution is 0.262. The maximum atomic E-state index is 3.59. The molecule has 1 aliphatic heterocycles. The van der Waals surface area contributed by atoms with Crippen LogP contribution >= 0.6 is 11.3 Å². The summed E-state index contributed by atoms with van der Waals surface area (Å²) < 4.78 is 0. The molecule has 3 rings (SSSR count). The molecule has 1 aliphatic carbocycles. The topological polar surface area (TPSA) is 15.3 Å². The van der Waals surface area contributed by atoms with Crippen LogP contribution < -0.4 is 5.32 Å². The van der Waals surface area contributed by atoms with Gasteiger partial charge < -0.3 is 5.32 Å². The Bertz CT molecular complexity index is 370. The molecule has 1 saturated carbocycles. The third kappa shape index (κ3) is 3.09. The number of rotatable bonds is 5. The molecule has 2 fully saturated rings. The Morgan fingerprint density at radius 2 is 2.12 bits per heavy atom. The lowest BCUT2D eigenvalue weighted by Crippen LogP contribution is -2.25. The highest BCUT2D eigenvalue weighted by atomic mass is 32.1. The van der Waals surface area contributed by atoms with E-state index < -0.39 is 0 Å². The van der Waals surface area contributed by atoms with Crippen molar-refractivity contribution in [2.24, 2.45) is 0 Å². The summed E-state index contributed by atoms with van der Waals surface area (Å²) >= 11 is 1.99. The first-order valence-electron chi connectivity index (χ1n) is 6.86. The van der Waals surface area contributed by atoms with Crippen molar-refractivity contribution in [3.8, 4) is 0 Å². The zero-order valence-corrected chi connectivity index (χ0v) is 11.4. The van der Waals surface area contributed by atoms with Gasteiger partial charge in [-0.3, -0.25) is 4.90 Å². The van der Waals surface area contributed by atoms with Crippen LogP contribution in [0.3, 0.4) is 0 Å². The van der Waals surface area contributed by atoms with Gasteiger partial charge in [-0.05, 0) is 51.3 Å². The van der Waals surface area contributed by atoms with Crippen molar-refractivity contribution in [3.05, 3.63) is 21.9 Å². The van der Waals surface area contributed by atoms with Gasteiger partial charge in [-0.25, -0.2) is 0 Å². The van der Waals surface area contributed by atoms with Gasteiger partial charge in [0.1, 0.15) is 0 Å². The van der Waals surface area contributed by atoms with Crippen LogP contribution in [0.25, 0.3) is 0 Å². The minimum atomic E-state index is 0.783. The van der Waals surface area contributed by atoms with Crippen LogP contribution in [0, 0.1) is 0 Å². The summed E-state index contributed by atoms with van der Waals surface area (Å²) in [7, 11) is 0. The second kappa shape index (κ2) is 5.09. The second-order valence-corrected chi connectivity index (χ2v) is 6.74. The van der Waals surface area contributed by atoms with Gasteiger partial charge in [0, 0.05) is 34.9 Å². The first kappa shape index (κ1) is 11.7. The lowest BCUT2D eigenvalue weighted by Gasteiger charge is -2.19. The fourth-order valence-electron chi connectivity index (χ4n) is 2.56. The Morgan fingerprint density at radius 3 is 2.82 bits per heavy atom. The fraction of sp³-hybridized carbons (Fsp3) is 0.714. The van der Waals surface area contributed by atoms with Gasteiger partial charge in [0.15, 0.2) is 0 Å². The standard InChI is InChI=1S/C14H22N2S/c1-11-3-2-8-16(11)10-14-7-6-13(17-14)9-15-12-4-5-12/h6-7,11-12,15H,2-5,8-10H2,1H3. The molecule has 1 unspecified atom stereocenters. The van der Waals surface area contributed by atoms with Crippen LogP contribution in [0.1, 0.15) is 42.4 Å². The number of nitrogens with zero attached hydrogens (tertiary/aromatic N) is 1. The minimum absolute atomic E-state index is 0.783. The van der Waals surface area contributed by atoms with Crippen LogP contribution in [0.15, 0.2) is 12.1 Å². The summed E-state index contributed by atoms with van der Waals surface area (Å²) in [6.07, 6.45) is 5.51. The van der Waals surface area contributed by atoms with Crippen molar-refractivity contribution >= 4 is 11.3 Å². The van der Waals surface area contributed by atoms with Gasteiger partial charge in [-0.2, -0.15) is 0 Å². The smallest absolute Gasteiger partial charge is 0.0330 e. The van der Waals surface area contributed by atoms with E-state index in [1.54, 1.807) is 0 Å². The van der Waals surface area contributed by atoms with Crippen molar-refractivity contribution in [3.63, 3.8) is 0 Å². The normalized spacial score (nSPS) is 25.6. The average molecular weight is 250 g/mol. The van der Waals surface area contributed by atoms with Crippen molar-refractivity contribution in [2.75, 3.05) is 6.54 Å². The van der Waals surface area contributed by atoms with E-state index >= 15 is 0 Å². The van der Waals surface area contributed by atoms with E-state index in [1.165, 1.54) is 42.0 Å². The third-order valence-corrected chi connectivity index (χ3v) is 4.98. The molecule has 3 heteroatoms. The van der Waals surface area contributed by atoms with Crippen molar-refractivity contribution in [1.29, 1.82) is 0 Å². The molecule has 2 nitrogen and oxygen atoms in total. The van der Waals surface area contributed by atoms with Crippen LogP contribution in [0.2, 0.25) is 0 Å². The van der Waals surface area contributed by atoms with E-state index in [1.807, 2.05) is 11.3 Å². The number of nitrogens with one attached hydrogen (secondary N) is 1. The number of likely N-dealkylation sites (tertiary alicyclic amines) is 1. The highest BCUT2D eigenvalue weighted by Crippen LogP contribution is 2.25. The van der Waals surface area contributed by atoms with Crippen LogP contribution in [0.4, 0.5) is 0 Å². The van der Waals surface area contributed by atoms with Crippen molar-refractivity contribution < 1.29 is 0 Å². The van der Waals surface area contributed by atoms with E-state index in [9.17, 15) is 0 Å². The Kier molecular flexibility index (Phi) is 3.50.